The summed E-state index contributed by atoms with van der Waals surface area (Å²) in [5, 5.41) is 7.11. The molecule has 17 heavy (non-hydrogen) atoms. The van der Waals surface area contributed by atoms with Crippen molar-refractivity contribution in [1.29, 1.82) is 0 Å². The van der Waals surface area contributed by atoms with Crippen LogP contribution in [0.5, 0.6) is 0 Å². The van der Waals surface area contributed by atoms with Crippen molar-refractivity contribution in [3.63, 3.8) is 0 Å². The Labute approximate surface area is 104 Å². The van der Waals surface area contributed by atoms with Gasteiger partial charge in [-0.2, -0.15) is 4.98 Å². The Hall–Kier alpha value is -0.940. The molecule has 0 amide bonds. The van der Waals surface area contributed by atoms with Crippen molar-refractivity contribution >= 4 is 0 Å². The molecule has 98 valence electrons. The SMILES string of the molecule is CCCCc1noc(CN(C)CCCNC)n1. The third-order valence-corrected chi connectivity index (χ3v) is 2.64. The molecule has 0 saturated carbocycles. The molecule has 0 saturated heterocycles. The maximum atomic E-state index is 5.22. The zero-order chi connectivity index (χ0) is 12.5. The minimum atomic E-state index is 0.725. The minimum Gasteiger partial charge on any atom is -0.338 e. The van der Waals surface area contributed by atoms with Crippen LogP contribution in [-0.2, 0) is 13.0 Å². The zero-order valence-corrected chi connectivity index (χ0v) is 11.2. The van der Waals surface area contributed by atoms with E-state index in [2.05, 4.69) is 34.3 Å². The van der Waals surface area contributed by atoms with Crippen LogP contribution in [0.3, 0.4) is 0 Å². The van der Waals surface area contributed by atoms with Gasteiger partial charge in [-0.25, -0.2) is 0 Å². The second kappa shape index (κ2) is 8.20. The van der Waals surface area contributed by atoms with E-state index < -0.39 is 0 Å². The van der Waals surface area contributed by atoms with Crippen LogP contribution in [0.15, 0.2) is 4.52 Å². The maximum Gasteiger partial charge on any atom is 0.240 e. The van der Waals surface area contributed by atoms with Gasteiger partial charge < -0.3 is 9.84 Å². The first-order valence-electron chi connectivity index (χ1n) is 6.40. The summed E-state index contributed by atoms with van der Waals surface area (Å²) >= 11 is 0. The van der Waals surface area contributed by atoms with E-state index >= 15 is 0 Å². The fourth-order valence-corrected chi connectivity index (χ4v) is 1.63. The summed E-state index contributed by atoms with van der Waals surface area (Å²) in [6.07, 6.45) is 4.33. The van der Waals surface area contributed by atoms with Crippen LogP contribution in [-0.4, -0.2) is 42.2 Å². The van der Waals surface area contributed by atoms with Gasteiger partial charge in [0, 0.05) is 6.42 Å². The number of aryl methyl sites for hydroxylation is 1. The van der Waals surface area contributed by atoms with Crippen LogP contribution in [0, 0.1) is 0 Å². The lowest BCUT2D eigenvalue weighted by atomic mass is 10.2. The van der Waals surface area contributed by atoms with Crippen molar-refractivity contribution in [3.8, 4) is 0 Å². The van der Waals surface area contributed by atoms with E-state index in [-0.39, 0.29) is 0 Å². The first-order valence-corrected chi connectivity index (χ1v) is 6.40. The lowest BCUT2D eigenvalue weighted by Gasteiger charge is -2.13. The van der Waals surface area contributed by atoms with Crippen molar-refractivity contribution in [1.82, 2.24) is 20.4 Å². The maximum absolute atomic E-state index is 5.22. The number of nitrogens with zero attached hydrogens (tertiary/aromatic N) is 3. The topological polar surface area (TPSA) is 54.2 Å². The summed E-state index contributed by atoms with van der Waals surface area (Å²) in [6.45, 7) is 4.98. The molecular weight excluding hydrogens is 216 g/mol. The van der Waals surface area contributed by atoms with Crippen LogP contribution in [0.25, 0.3) is 0 Å². The van der Waals surface area contributed by atoms with Gasteiger partial charge in [0.25, 0.3) is 0 Å². The van der Waals surface area contributed by atoms with E-state index in [1.165, 1.54) is 0 Å². The molecule has 1 N–H and O–H groups in total. The number of rotatable bonds is 9. The first-order chi connectivity index (χ1) is 8.26. The number of hydrogen-bond donors (Lipinski definition) is 1. The Bertz CT molecular complexity index is 300. The van der Waals surface area contributed by atoms with Gasteiger partial charge in [-0.05, 0) is 40.0 Å². The average molecular weight is 240 g/mol. The van der Waals surface area contributed by atoms with Gasteiger partial charge in [0.1, 0.15) is 0 Å². The standard InChI is InChI=1S/C12H24N4O/c1-4-5-7-11-14-12(17-15-11)10-16(3)9-6-8-13-2/h13H,4-10H2,1-3H3. The smallest absolute Gasteiger partial charge is 0.240 e. The van der Waals surface area contributed by atoms with Gasteiger partial charge in [-0.1, -0.05) is 18.5 Å². The van der Waals surface area contributed by atoms with Gasteiger partial charge in [0.05, 0.1) is 6.54 Å². The Morgan fingerprint density at radius 3 is 2.88 bits per heavy atom. The number of hydrogen-bond acceptors (Lipinski definition) is 5. The number of nitrogens with one attached hydrogen (secondary N) is 1. The summed E-state index contributed by atoms with van der Waals surface area (Å²) < 4.78 is 5.22. The molecule has 0 aromatic carbocycles. The van der Waals surface area contributed by atoms with Gasteiger partial charge in [0.2, 0.25) is 5.89 Å². The fourth-order valence-electron chi connectivity index (χ4n) is 1.63. The first kappa shape index (κ1) is 14.1. The van der Waals surface area contributed by atoms with Crippen LogP contribution >= 0.6 is 0 Å². The summed E-state index contributed by atoms with van der Waals surface area (Å²) in [7, 11) is 4.05. The highest BCUT2D eigenvalue weighted by Crippen LogP contribution is 2.04. The van der Waals surface area contributed by atoms with Gasteiger partial charge in [0.15, 0.2) is 5.82 Å². The van der Waals surface area contributed by atoms with Crippen LogP contribution in [0.4, 0.5) is 0 Å². The molecule has 1 heterocycles. The average Bonchev–Trinajstić information content (AvgIpc) is 2.74. The van der Waals surface area contributed by atoms with Crippen molar-refractivity contribution in [3.05, 3.63) is 11.7 Å². The molecule has 0 spiro atoms. The third kappa shape index (κ3) is 5.79. The summed E-state index contributed by atoms with van der Waals surface area (Å²) in [5.74, 6) is 1.56. The molecule has 1 rings (SSSR count). The van der Waals surface area contributed by atoms with Crippen molar-refractivity contribution in [2.75, 3.05) is 27.2 Å². The predicted molar refractivity (Wildman–Crippen MR) is 67.8 cm³/mol. The highest BCUT2D eigenvalue weighted by atomic mass is 16.5. The molecule has 5 nitrogen and oxygen atoms in total. The van der Waals surface area contributed by atoms with E-state index in [0.29, 0.717) is 0 Å². The largest absolute Gasteiger partial charge is 0.338 e. The molecule has 0 unspecified atom stereocenters. The molecule has 0 aliphatic heterocycles. The molecule has 0 bridgehead atoms. The zero-order valence-electron chi connectivity index (χ0n) is 11.2. The normalized spacial score (nSPS) is 11.3. The number of unbranched alkanes of at least 4 members (excludes halogenated alkanes) is 1. The molecule has 0 aliphatic rings. The molecule has 1 aromatic rings. The lowest BCUT2D eigenvalue weighted by Crippen LogP contribution is -2.22. The van der Waals surface area contributed by atoms with E-state index in [0.717, 1.165) is 57.0 Å². The molecule has 0 radical (unpaired) electrons. The monoisotopic (exact) mass is 240 g/mol. The lowest BCUT2D eigenvalue weighted by molar-refractivity contribution is 0.263. The summed E-state index contributed by atoms with van der Waals surface area (Å²) in [6, 6.07) is 0. The third-order valence-electron chi connectivity index (χ3n) is 2.64. The van der Waals surface area contributed by atoms with Gasteiger partial charge >= 0.3 is 0 Å². The molecule has 1 aromatic heterocycles. The summed E-state index contributed by atoms with van der Waals surface area (Å²) in [4.78, 5) is 6.58. The predicted octanol–water partition coefficient (Wildman–Crippen LogP) is 1.45. The summed E-state index contributed by atoms with van der Waals surface area (Å²) in [5.41, 5.74) is 0. The Morgan fingerprint density at radius 2 is 2.18 bits per heavy atom. The van der Waals surface area contributed by atoms with Crippen molar-refractivity contribution in [2.45, 2.75) is 39.2 Å². The van der Waals surface area contributed by atoms with E-state index in [4.69, 9.17) is 4.52 Å². The minimum absolute atomic E-state index is 0.725. The van der Waals surface area contributed by atoms with Gasteiger partial charge in [-0.3, -0.25) is 4.90 Å². The second-order valence-corrected chi connectivity index (χ2v) is 4.40. The number of aromatic nitrogens is 2. The van der Waals surface area contributed by atoms with Gasteiger partial charge in [-0.15, -0.1) is 0 Å². The van der Waals surface area contributed by atoms with E-state index in [1.807, 2.05) is 7.05 Å². The fraction of sp³-hybridized carbons (Fsp3) is 0.833. The van der Waals surface area contributed by atoms with E-state index in [1.54, 1.807) is 0 Å². The molecule has 0 aliphatic carbocycles. The van der Waals surface area contributed by atoms with Crippen LogP contribution in [0.1, 0.15) is 37.9 Å². The highest BCUT2D eigenvalue weighted by Gasteiger charge is 2.08. The Kier molecular flexibility index (Phi) is 6.81. The quantitative estimate of drug-likeness (QED) is 0.662. The Morgan fingerprint density at radius 1 is 1.35 bits per heavy atom. The van der Waals surface area contributed by atoms with E-state index in [9.17, 15) is 0 Å². The molecule has 0 atom stereocenters. The molecule has 5 heteroatoms. The Balaban J connectivity index is 2.27. The van der Waals surface area contributed by atoms with Crippen LogP contribution in [0.2, 0.25) is 0 Å². The van der Waals surface area contributed by atoms with Crippen molar-refractivity contribution < 1.29 is 4.52 Å². The molecular formula is C12H24N4O. The second-order valence-electron chi connectivity index (χ2n) is 4.40. The molecule has 0 fully saturated rings. The van der Waals surface area contributed by atoms with Crippen LogP contribution < -0.4 is 5.32 Å². The van der Waals surface area contributed by atoms with Crippen molar-refractivity contribution in [2.24, 2.45) is 0 Å². The highest BCUT2D eigenvalue weighted by molar-refractivity contribution is 4.86.